The summed E-state index contributed by atoms with van der Waals surface area (Å²) in [6.45, 7) is 3.40. The molecular formula is C23H23ClN2O5S. The maximum atomic E-state index is 12.7. The summed E-state index contributed by atoms with van der Waals surface area (Å²) < 4.78 is 38.6. The summed E-state index contributed by atoms with van der Waals surface area (Å²) in [4.78, 5) is 12.5. The lowest BCUT2D eigenvalue weighted by molar-refractivity contribution is -0.122. The van der Waals surface area contributed by atoms with Crippen LogP contribution >= 0.6 is 11.6 Å². The number of anilines is 2. The van der Waals surface area contributed by atoms with E-state index in [1.54, 1.807) is 63.4 Å². The molecule has 3 aromatic carbocycles. The molecule has 0 aliphatic carbocycles. The fraction of sp³-hybridized carbons (Fsp3) is 0.174. The Morgan fingerprint density at radius 3 is 2.22 bits per heavy atom. The topological polar surface area (TPSA) is 93.7 Å². The molecule has 2 N–H and O–H groups in total. The first-order valence-corrected chi connectivity index (χ1v) is 11.5. The van der Waals surface area contributed by atoms with Crippen LogP contribution in [0.15, 0.2) is 71.6 Å². The third-order valence-corrected chi connectivity index (χ3v) is 6.23. The van der Waals surface area contributed by atoms with Crippen molar-refractivity contribution in [2.45, 2.75) is 24.8 Å². The smallest absolute Gasteiger partial charge is 0.265 e. The van der Waals surface area contributed by atoms with Crippen molar-refractivity contribution >= 4 is 38.9 Å². The summed E-state index contributed by atoms with van der Waals surface area (Å²) in [5.41, 5.74) is 1.59. The number of nitrogens with one attached hydrogen (secondary N) is 2. The zero-order valence-corrected chi connectivity index (χ0v) is 19.3. The van der Waals surface area contributed by atoms with Gasteiger partial charge < -0.3 is 14.8 Å². The number of halogens is 1. The van der Waals surface area contributed by atoms with Gasteiger partial charge in [0.2, 0.25) is 0 Å². The largest absolute Gasteiger partial charge is 0.497 e. The number of carbonyl (C=O) groups excluding carboxylic acids is 1. The number of rotatable bonds is 8. The molecule has 7 nitrogen and oxygen atoms in total. The lowest BCUT2D eigenvalue weighted by Gasteiger charge is -2.15. The van der Waals surface area contributed by atoms with Crippen LogP contribution in [0.25, 0.3) is 0 Å². The number of hydrogen-bond acceptors (Lipinski definition) is 5. The summed E-state index contributed by atoms with van der Waals surface area (Å²) in [5, 5.41) is 3.14. The third kappa shape index (κ3) is 5.93. The van der Waals surface area contributed by atoms with Gasteiger partial charge in [0.05, 0.1) is 17.7 Å². The molecule has 32 heavy (non-hydrogen) atoms. The van der Waals surface area contributed by atoms with Crippen LogP contribution in [0.4, 0.5) is 11.4 Å². The summed E-state index contributed by atoms with van der Waals surface area (Å²) in [7, 11) is -2.25. The summed E-state index contributed by atoms with van der Waals surface area (Å²) in [5.74, 6) is 0.839. The number of amides is 1. The van der Waals surface area contributed by atoms with Gasteiger partial charge in [0.25, 0.3) is 15.9 Å². The Morgan fingerprint density at radius 2 is 1.59 bits per heavy atom. The van der Waals surface area contributed by atoms with E-state index in [1.807, 2.05) is 0 Å². The van der Waals surface area contributed by atoms with Gasteiger partial charge in [-0.05, 0) is 80.1 Å². The highest BCUT2D eigenvalue weighted by molar-refractivity contribution is 7.92. The van der Waals surface area contributed by atoms with E-state index in [4.69, 9.17) is 21.1 Å². The Hall–Kier alpha value is -3.23. The second kappa shape index (κ2) is 9.93. The molecule has 0 saturated heterocycles. The van der Waals surface area contributed by atoms with E-state index >= 15 is 0 Å². The molecule has 0 heterocycles. The van der Waals surface area contributed by atoms with Crippen LogP contribution < -0.4 is 19.5 Å². The van der Waals surface area contributed by atoms with Crippen molar-refractivity contribution in [3.8, 4) is 11.5 Å². The summed E-state index contributed by atoms with van der Waals surface area (Å²) >= 11 is 5.96. The highest BCUT2D eigenvalue weighted by Crippen LogP contribution is 2.24. The predicted octanol–water partition coefficient (Wildman–Crippen LogP) is 4.86. The predicted molar refractivity (Wildman–Crippen MR) is 125 cm³/mol. The normalized spacial score (nSPS) is 12.0. The molecule has 168 valence electrons. The lowest BCUT2D eigenvalue weighted by atomic mass is 10.2. The van der Waals surface area contributed by atoms with Crippen LogP contribution in [0.2, 0.25) is 5.02 Å². The number of aryl methyl sites for hydroxylation is 1. The Morgan fingerprint density at radius 1 is 0.969 bits per heavy atom. The Bertz CT molecular complexity index is 1200. The van der Waals surface area contributed by atoms with Crippen molar-refractivity contribution in [3.63, 3.8) is 0 Å². The molecule has 0 bridgehead atoms. The second-order valence-electron chi connectivity index (χ2n) is 7.01. The van der Waals surface area contributed by atoms with E-state index in [1.165, 1.54) is 24.3 Å². The molecule has 0 fully saturated rings. The van der Waals surface area contributed by atoms with Gasteiger partial charge in [-0.25, -0.2) is 8.42 Å². The maximum Gasteiger partial charge on any atom is 0.265 e. The van der Waals surface area contributed by atoms with Gasteiger partial charge >= 0.3 is 0 Å². The molecule has 0 aliphatic heterocycles. The number of carbonyl (C=O) groups is 1. The summed E-state index contributed by atoms with van der Waals surface area (Å²) in [6, 6.07) is 17.7. The van der Waals surface area contributed by atoms with E-state index in [0.29, 0.717) is 27.9 Å². The molecule has 3 aromatic rings. The van der Waals surface area contributed by atoms with Gasteiger partial charge in [-0.2, -0.15) is 0 Å². The van der Waals surface area contributed by atoms with Crippen molar-refractivity contribution in [1.29, 1.82) is 0 Å². The van der Waals surface area contributed by atoms with E-state index < -0.39 is 16.1 Å². The highest BCUT2D eigenvalue weighted by atomic mass is 35.5. The average molecular weight is 475 g/mol. The van der Waals surface area contributed by atoms with Crippen LogP contribution in [0, 0.1) is 6.92 Å². The van der Waals surface area contributed by atoms with Crippen LogP contribution in [0.1, 0.15) is 12.5 Å². The molecule has 0 saturated carbocycles. The van der Waals surface area contributed by atoms with E-state index in [9.17, 15) is 13.2 Å². The SMILES string of the molecule is COc1ccc(OC(C)C(=O)Nc2ccc(S(=O)(=O)Nc3cc(Cl)ccc3C)cc2)cc1. The molecule has 0 radical (unpaired) electrons. The molecule has 0 aliphatic rings. The molecule has 1 unspecified atom stereocenters. The van der Waals surface area contributed by atoms with Gasteiger partial charge in [0.1, 0.15) is 11.5 Å². The van der Waals surface area contributed by atoms with Crippen molar-refractivity contribution in [1.82, 2.24) is 0 Å². The second-order valence-corrected chi connectivity index (χ2v) is 9.13. The lowest BCUT2D eigenvalue weighted by Crippen LogP contribution is -2.30. The van der Waals surface area contributed by atoms with Gasteiger partial charge in [-0.1, -0.05) is 17.7 Å². The van der Waals surface area contributed by atoms with Crippen molar-refractivity contribution in [2.75, 3.05) is 17.1 Å². The zero-order chi connectivity index (χ0) is 23.3. The van der Waals surface area contributed by atoms with Gasteiger partial charge in [-0.3, -0.25) is 9.52 Å². The van der Waals surface area contributed by atoms with Crippen molar-refractivity contribution in [2.24, 2.45) is 0 Å². The van der Waals surface area contributed by atoms with Crippen LogP contribution in [-0.2, 0) is 14.8 Å². The number of hydrogen-bond donors (Lipinski definition) is 2. The molecule has 3 rings (SSSR count). The number of sulfonamides is 1. The Kier molecular flexibility index (Phi) is 7.27. The molecule has 1 atom stereocenters. The zero-order valence-electron chi connectivity index (χ0n) is 17.8. The number of ether oxygens (including phenoxy) is 2. The minimum atomic E-state index is -3.82. The Balaban J connectivity index is 1.64. The van der Waals surface area contributed by atoms with Gasteiger partial charge in [-0.15, -0.1) is 0 Å². The standard InChI is InChI=1S/C23H23ClN2O5S/c1-15-4-5-17(24)14-22(15)26-32(28,29)21-12-6-18(7-13-21)25-23(27)16(2)31-20-10-8-19(30-3)9-11-20/h4-14,16,26H,1-3H3,(H,25,27). The monoisotopic (exact) mass is 474 g/mol. The van der Waals surface area contributed by atoms with Crippen LogP contribution in [0.5, 0.6) is 11.5 Å². The molecule has 0 spiro atoms. The third-order valence-electron chi connectivity index (χ3n) is 4.62. The quantitative estimate of drug-likeness (QED) is 0.486. The Labute approximate surface area is 192 Å². The molecule has 0 aromatic heterocycles. The van der Waals surface area contributed by atoms with Crippen LogP contribution in [0.3, 0.4) is 0 Å². The minimum Gasteiger partial charge on any atom is -0.497 e. The fourth-order valence-electron chi connectivity index (χ4n) is 2.78. The van der Waals surface area contributed by atoms with E-state index in [-0.39, 0.29) is 10.8 Å². The van der Waals surface area contributed by atoms with Crippen LogP contribution in [-0.4, -0.2) is 27.5 Å². The van der Waals surface area contributed by atoms with Crippen molar-refractivity contribution < 1.29 is 22.7 Å². The fourth-order valence-corrected chi connectivity index (χ4v) is 4.07. The molecule has 9 heteroatoms. The first-order chi connectivity index (χ1) is 15.2. The van der Waals surface area contributed by atoms with E-state index in [2.05, 4.69) is 10.0 Å². The molecule has 1 amide bonds. The van der Waals surface area contributed by atoms with Gasteiger partial charge in [0.15, 0.2) is 6.10 Å². The van der Waals surface area contributed by atoms with Gasteiger partial charge in [0, 0.05) is 10.7 Å². The highest BCUT2D eigenvalue weighted by Gasteiger charge is 2.18. The first-order valence-electron chi connectivity index (χ1n) is 9.68. The molecular weight excluding hydrogens is 452 g/mol. The maximum absolute atomic E-state index is 12.7. The average Bonchev–Trinajstić information content (AvgIpc) is 2.77. The number of methoxy groups -OCH3 is 1. The minimum absolute atomic E-state index is 0.0532. The summed E-state index contributed by atoms with van der Waals surface area (Å²) in [6.07, 6.45) is -0.765. The first kappa shape index (κ1) is 23.4. The van der Waals surface area contributed by atoms with Crippen molar-refractivity contribution in [3.05, 3.63) is 77.3 Å². The van der Waals surface area contributed by atoms with E-state index in [0.717, 1.165) is 5.56 Å². The number of benzene rings is 3.